The van der Waals surface area contributed by atoms with Gasteiger partial charge in [0, 0.05) is 69.0 Å². The summed E-state index contributed by atoms with van der Waals surface area (Å²) in [6.07, 6.45) is 3.83. The van der Waals surface area contributed by atoms with E-state index in [-0.39, 0.29) is 51.5 Å². The van der Waals surface area contributed by atoms with Crippen LogP contribution in [0.1, 0.15) is 39.2 Å². The summed E-state index contributed by atoms with van der Waals surface area (Å²) in [7, 11) is 0. The molecular weight excluding hydrogens is 600 g/mol. The second-order valence-corrected chi connectivity index (χ2v) is 11.1. The molecule has 0 saturated carbocycles. The fraction of sp³-hybridized carbons (Fsp3) is 0.419. The third kappa shape index (κ3) is 9.66. The van der Waals surface area contributed by atoms with Gasteiger partial charge in [-0.2, -0.15) is 0 Å². The fourth-order valence-electron chi connectivity index (χ4n) is 4.58. The van der Waals surface area contributed by atoms with Crippen LogP contribution in [0.25, 0.3) is 0 Å². The fourth-order valence-corrected chi connectivity index (χ4v) is 4.58. The molecule has 15 heteroatoms. The van der Waals surface area contributed by atoms with Crippen molar-refractivity contribution in [3.05, 3.63) is 54.1 Å². The summed E-state index contributed by atoms with van der Waals surface area (Å²) in [5.74, 6) is -4.74. The van der Waals surface area contributed by atoms with Gasteiger partial charge in [-0.15, -0.1) is 0 Å². The zero-order valence-electron chi connectivity index (χ0n) is 25.9. The molecule has 0 unspecified atom stereocenters. The van der Waals surface area contributed by atoms with E-state index in [2.05, 4.69) is 16.0 Å². The molecule has 8 amide bonds. The van der Waals surface area contributed by atoms with Gasteiger partial charge in [0.15, 0.2) is 0 Å². The van der Waals surface area contributed by atoms with Crippen LogP contribution in [0.4, 0.5) is 5.69 Å². The molecule has 2 aliphatic heterocycles. The van der Waals surface area contributed by atoms with Gasteiger partial charge in [-0.1, -0.05) is 26.0 Å². The number of nitrogens with one attached hydrogen (secondary N) is 3. The van der Waals surface area contributed by atoms with Gasteiger partial charge < -0.3 is 26.0 Å². The first-order valence-corrected chi connectivity index (χ1v) is 14.8. The van der Waals surface area contributed by atoms with Crippen molar-refractivity contribution < 1.29 is 43.5 Å². The number of carbonyl (C=O) groups excluding carboxylic acids is 8. The average molecular weight is 639 g/mol. The van der Waals surface area contributed by atoms with E-state index in [0.717, 1.165) is 34.1 Å². The highest BCUT2D eigenvalue weighted by atomic mass is 16.3. The van der Waals surface area contributed by atoms with E-state index >= 15 is 0 Å². The zero-order chi connectivity index (χ0) is 34.0. The lowest BCUT2D eigenvalue weighted by Crippen LogP contribution is -2.53. The zero-order valence-corrected chi connectivity index (χ0v) is 25.9. The van der Waals surface area contributed by atoms with Crippen LogP contribution in [-0.4, -0.2) is 105 Å². The molecule has 1 aromatic carbocycles. The van der Waals surface area contributed by atoms with Crippen molar-refractivity contribution in [1.82, 2.24) is 25.3 Å². The minimum absolute atomic E-state index is 0.0915. The van der Waals surface area contributed by atoms with Crippen LogP contribution in [0.3, 0.4) is 0 Å². The molecule has 0 radical (unpaired) electrons. The second kappa shape index (κ2) is 16.2. The lowest BCUT2D eigenvalue weighted by Gasteiger charge is -2.27. The number of amides is 8. The van der Waals surface area contributed by atoms with Gasteiger partial charge in [-0.05, 0) is 30.5 Å². The molecule has 4 N–H and O–H groups in total. The molecule has 0 saturated heterocycles. The molecule has 0 aromatic heterocycles. The number of hydrogen-bond donors (Lipinski definition) is 4. The minimum atomic E-state index is -1.02. The Balaban J connectivity index is 1.54. The second-order valence-electron chi connectivity index (χ2n) is 11.1. The molecule has 0 spiro atoms. The first-order valence-electron chi connectivity index (χ1n) is 14.8. The maximum atomic E-state index is 13.1. The lowest BCUT2D eigenvalue weighted by molar-refractivity contribution is -0.140. The van der Waals surface area contributed by atoms with Gasteiger partial charge in [-0.25, -0.2) is 0 Å². The number of nitrogens with zero attached hydrogens (tertiary/aromatic N) is 3. The third-order valence-corrected chi connectivity index (χ3v) is 7.33. The molecular formula is C31H38N6O9. The number of rotatable bonds is 16. The molecule has 246 valence electrons. The topological polar surface area (TPSA) is 203 Å². The number of imide groups is 2. The van der Waals surface area contributed by atoms with Crippen LogP contribution in [0.5, 0.6) is 0 Å². The van der Waals surface area contributed by atoms with Gasteiger partial charge >= 0.3 is 0 Å². The highest BCUT2D eigenvalue weighted by Gasteiger charge is 2.29. The number of benzene rings is 1. The van der Waals surface area contributed by atoms with Crippen LogP contribution in [0.2, 0.25) is 0 Å². The molecule has 46 heavy (non-hydrogen) atoms. The molecule has 0 aliphatic carbocycles. The Morgan fingerprint density at radius 2 is 1.24 bits per heavy atom. The summed E-state index contributed by atoms with van der Waals surface area (Å²) in [6.45, 7) is 4.32. The van der Waals surface area contributed by atoms with E-state index in [1.807, 2.05) is 0 Å². The Hall–Kier alpha value is -5.18. The largest absolute Gasteiger partial charge is 0.392 e. The molecule has 15 nitrogen and oxygen atoms in total. The Morgan fingerprint density at radius 3 is 1.70 bits per heavy atom. The monoisotopic (exact) mass is 638 g/mol. The van der Waals surface area contributed by atoms with E-state index in [1.165, 1.54) is 11.8 Å². The minimum Gasteiger partial charge on any atom is -0.392 e. The highest BCUT2D eigenvalue weighted by molar-refractivity contribution is 6.13. The number of carbonyl (C=O) groups is 8. The Bertz CT molecular complexity index is 1350. The van der Waals surface area contributed by atoms with E-state index in [0.29, 0.717) is 11.3 Å². The summed E-state index contributed by atoms with van der Waals surface area (Å²) in [6, 6.07) is 4.55. The quantitative estimate of drug-likeness (QED) is 0.168. The molecule has 2 atom stereocenters. The molecule has 0 fully saturated rings. The summed E-state index contributed by atoms with van der Waals surface area (Å²) in [4.78, 5) is 103. The summed E-state index contributed by atoms with van der Waals surface area (Å²) >= 11 is 0. The number of aliphatic hydroxyl groups excluding tert-OH is 1. The number of aliphatic hydroxyl groups is 1. The van der Waals surface area contributed by atoms with Gasteiger partial charge in [0.05, 0.1) is 6.61 Å². The predicted octanol–water partition coefficient (Wildman–Crippen LogP) is -0.778. The average Bonchev–Trinajstić information content (AvgIpc) is 3.52. The van der Waals surface area contributed by atoms with Crippen molar-refractivity contribution in [1.29, 1.82) is 0 Å². The van der Waals surface area contributed by atoms with Gasteiger partial charge in [-0.3, -0.25) is 48.2 Å². The van der Waals surface area contributed by atoms with Crippen molar-refractivity contribution in [3.8, 4) is 0 Å². The van der Waals surface area contributed by atoms with Crippen molar-refractivity contribution in [3.63, 3.8) is 0 Å². The van der Waals surface area contributed by atoms with E-state index in [9.17, 15) is 38.4 Å². The normalized spacial score (nSPS) is 15.4. The molecule has 2 aliphatic rings. The number of anilines is 1. The Labute approximate surface area is 265 Å². The van der Waals surface area contributed by atoms with Gasteiger partial charge in [0.1, 0.15) is 12.1 Å². The molecule has 1 aromatic rings. The first kappa shape index (κ1) is 35.3. The van der Waals surface area contributed by atoms with Crippen LogP contribution in [0.15, 0.2) is 48.6 Å². The Morgan fingerprint density at radius 1 is 0.739 bits per heavy atom. The van der Waals surface area contributed by atoms with Crippen molar-refractivity contribution >= 4 is 52.9 Å². The Kier molecular flexibility index (Phi) is 12.4. The van der Waals surface area contributed by atoms with E-state index < -0.39 is 59.3 Å². The maximum Gasteiger partial charge on any atom is 0.253 e. The van der Waals surface area contributed by atoms with E-state index in [4.69, 9.17) is 5.11 Å². The van der Waals surface area contributed by atoms with Crippen molar-refractivity contribution in [2.24, 2.45) is 5.92 Å². The van der Waals surface area contributed by atoms with Crippen LogP contribution < -0.4 is 16.0 Å². The molecule has 2 heterocycles. The first-order chi connectivity index (χ1) is 21.8. The predicted molar refractivity (Wildman–Crippen MR) is 163 cm³/mol. The standard InChI is InChI=1S/C31H38N6O9/c1-19(2)29(31(46)32-20(3)30(45)33-22-6-4-21(18-38)5-7-22)34-23(39)8-9-24(40)35(14-16-36-25(41)10-11-26(36)42)15-17-37-27(43)12-13-28(37)44/h4-7,10-13,19-20,29,38H,8-9,14-18H2,1-3H3,(H,32,46)(H,33,45)(H,34,39)/t20-,29-/m0/s1. The van der Waals surface area contributed by atoms with Gasteiger partial charge in [0.25, 0.3) is 23.6 Å². The van der Waals surface area contributed by atoms with Crippen LogP contribution >= 0.6 is 0 Å². The highest BCUT2D eigenvalue weighted by Crippen LogP contribution is 2.11. The summed E-state index contributed by atoms with van der Waals surface area (Å²) < 4.78 is 0. The van der Waals surface area contributed by atoms with Crippen molar-refractivity contribution in [2.45, 2.75) is 52.3 Å². The SMILES string of the molecule is CC(C)[C@H](NC(=O)CCC(=O)N(CCN1C(=O)C=CC1=O)CCN1C(=O)C=CC1=O)C(=O)N[C@@H](C)C(=O)Nc1ccc(CO)cc1. The number of hydrogen-bond acceptors (Lipinski definition) is 9. The molecule has 0 bridgehead atoms. The lowest BCUT2D eigenvalue weighted by atomic mass is 10.0. The third-order valence-electron chi connectivity index (χ3n) is 7.33. The van der Waals surface area contributed by atoms with Crippen LogP contribution in [0, 0.1) is 5.92 Å². The smallest absolute Gasteiger partial charge is 0.253 e. The maximum absolute atomic E-state index is 13.1. The molecule has 3 rings (SSSR count). The van der Waals surface area contributed by atoms with Crippen molar-refractivity contribution in [2.75, 3.05) is 31.5 Å². The summed E-state index contributed by atoms with van der Waals surface area (Å²) in [5, 5.41) is 17.0. The summed E-state index contributed by atoms with van der Waals surface area (Å²) in [5.41, 5.74) is 1.14. The van der Waals surface area contributed by atoms with Gasteiger partial charge in [0.2, 0.25) is 23.6 Å². The van der Waals surface area contributed by atoms with Crippen LogP contribution in [-0.2, 0) is 45.0 Å². The van der Waals surface area contributed by atoms with E-state index in [1.54, 1.807) is 38.1 Å².